The normalized spacial score (nSPS) is 10.2. The molecule has 2 rings (SSSR count). The molecule has 1 heterocycles. The Morgan fingerprint density at radius 3 is 2.55 bits per heavy atom. The first-order valence-corrected chi connectivity index (χ1v) is 7.14. The minimum Gasteiger partial charge on any atom is -0.482 e. The molecule has 0 aliphatic heterocycles. The van der Waals surface area contributed by atoms with E-state index in [-0.39, 0.29) is 6.61 Å². The first-order chi connectivity index (χ1) is 10.4. The first kappa shape index (κ1) is 16.3. The van der Waals surface area contributed by atoms with Gasteiger partial charge in [-0.2, -0.15) is 0 Å². The van der Waals surface area contributed by atoms with Crippen molar-refractivity contribution >= 4 is 35.1 Å². The van der Waals surface area contributed by atoms with E-state index >= 15 is 0 Å². The zero-order valence-corrected chi connectivity index (χ0v) is 13.5. The maximum atomic E-state index is 11.7. The molecular formula is C14H14Cl2N4O2. The van der Waals surface area contributed by atoms with Crippen molar-refractivity contribution in [2.45, 2.75) is 13.8 Å². The van der Waals surface area contributed by atoms with Gasteiger partial charge < -0.3 is 4.74 Å². The van der Waals surface area contributed by atoms with Gasteiger partial charge in [0.1, 0.15) is 5.75 Å². The number of aryl methyl sites for hydroxylation is 2. The molecule has 0 radical (unpaired) electrons. The quantitative estimate of drug-likeness (QED) is 0.818. The molecule has 8 heteroatoms. The highest BCUT2D eigenvalue weighted by molar-refractivity contribution is 6.34. The summed E-state index contributed by atoms with van der Waals surface area (Å²) in [6.07, 6.45) is 0. The third kappa shape index (κ3) is 4.75. The van der Waals surface area contributed by atoms with Crippen LogP contribution < -0.4 is 15.6 Å². The van der Waals surface area contributed by atoms with E-state index in [1.54, 1.807) is 12.1 Å². The fraction of sp³-hybridized carbons (Fsp3) is 0.214. The van der Waals surface area contributed by atoms with Crippen LogP contribution in [0.15, 0.2) is 24.3 Å². The summed E-state index contributed by atoms with van der Waals surface area (Å²) in [4.78, 5) is 20.0. The lowest BCUT2D eigenvalue weighted by atomic mass is 10.3. The highest BCUT2D eigenvalue weighted by Crippen LogP contribution is 2.27. The fourth-order valence-electron chi connectivity index (χ4n) is 1.67. The Labute approximate surface area is 137 Å². The van der Waals surface area contributed by atoms with Gasteiger partial charge in [0.25, 0.3) is 5.91 Å². The van der Waals surface area contributed by atoms with Crippen LogP contribution in [0.1, 0.15) is 11.4 Å². The van der Waals surface area contributed by atoms with Gasteiger partial charge in [0.15, 0.2) is 6.61 Å². The van der Waals surface area contributed by atoms with Crippen molar-refractivity contribution in [3.8, 4) is 5.75 Å². The van der Waals surface area contributed by atoms with Gasteiger partial charge in [-0.3, -0.25) is 15.6 Å². The molecule has 0 spiro atoms. The van der Waals surface area contributed by atoms with Crippen LogP contribution >= 0.6 is 23.2 Å². The largest absolute Gasteiger partial charge is 0.482 e. The summed E-state index contributed by atoms with van der Waals surface area (Å²) in [5.41, 5.74) is 6.67. The summed E-state index contributed by atoms with van der Waals surface area (Å²) < 4.78 is 5.31. The summed E-state index contributed by atoms with van der Waals surface area (Å²) in [5.74, 6) is 0.248. The molecule has 1 aromatic heterocycles. The van der Waals surface area contributed by atoms with E-state index in [4.69, 9.17) is 27.9 Å². The minimum absolute atomic E-state index is 0.224. The summed E-state index contributed by atoms with van der Waals surface area (Å²) in [5, 5.41) is 0.851. The van der Waals surface area contributed by atoms with E-state index in [0.29, 0.717) is 21.7 Å². The van der Waals surface area contributed by atoms with Crippen molar-refractivity contribution in [1.29, 1.82) is 0 Å². The smallest absolute Gasteiger partial charge is 0.276 e. The number of nitrogens with zero attached hydrogens (tertiary/aromatic N) is 2. The zero-order chi connectivity index (χ0) is 16.1. The van der Waals surface area contributed by atoms with Gasteiger partial charge >= 0.3 is 0 Å². The number of halogens is 2. The third-order valence-corrected chi connectivity index (χ3v) is 3.10. The number of carbonyl (C=O) groups excluding carboxylic acids is 1. The molecule has 0 aliphatic carbocycles. The number of carbonyl (C=O) groups is 1. The number of hydrogen-bond acceptors (Lipinski definition) is 5. The Hall–Kier alpha value is -2.05. The number of aromatic nitrogens is 2. The predicted octanol–water partition coefficient (Wildman–Crippen LogP) is 2.92. The molecule has 0 saturated carbocycles. The highest BCUT2D eigenvalue weighted by atomic mass is 35.5. The van der Waals surface area contributed by atoms with Crippen LogP contribution in [0.4, 0.5) is 5.95 Å². The lowest BCUT2D eigenvalue weighted by Crippen LogP contribution is -2.34. The topological polar surface area (TPSA) is 76.1 Å². The molecule has 0 fully saturated rings. The van der Waals surface area contributed by atoms with Crippen molar-refractivity contribution in [2.75, 3.05) is 12.0 Å². The molecular weight excluding hydrogens is 327 g/mol. The Balaban J connectivity index is 1.86. The van der Waals surface area contributed by atoms with Crippen LogP contribution in [0.5, 0.6) is 5.75 Å². The standard InChI is InChI=1S/C14H14Cl2N4O2/c1-8-5-9(2)18-14(17-8)20-19-13(21)7-22-12-6-10(15)3-4-11(12)16/h3-6H,7H2,1-2H3,(H,19,21)(H,17,18,20). The summed E-state index contributed by atoms with van der Waals surface area (Å²) >= 11 is 11.8. The molecule has 22 heavy (non-hydrogen) atoms. The average Bonchev–Trinajstić information content (AvgIpc) is 2.45. The Kier molecular flexibility index (Phi) is 5.41. The van der Waals surface area contributed by atoms with Crippen LogP contribution in [-0.4, -0.2) is 22.5 Å². The monoisotopic (exact) mass is 340 g/mol. The molecule has 0 atom stereocenters. The van der Waals surface area contributed by atoms with Gasteiger partial charge in [0.2, 0.25) is 5.95 Å². The van der Waals surface area contributed by atoms with E-state index in [1.165, 1.54) is 6.07 Å². The summed E-state index contributed by atoms with van der Waals surface area (Å²) in [6.45, 7) is 3.45. The van der Waals surface area contributed by atoms with Crippen molar-refractivity contribution < 1.29 is 9.53 Å². The first-order valence-electron chi connectivity index (χ1n) is 6.39. The van der Waals surface area contributed by atoms with Crippen LogP contribution in [0, 0.1) is 13.8 Å². The number of anilines is 1. The molecule has 2 N–H and O–H groups in total. The van der Waals surface area contributed by atoms with Crippen LogP contribution in [0.25, 0.3) is 0 Å². The van der Waals surface area contributed by atoms with Crippen molar-refractivity contribution in [3.63, 3.8) is 0 Å². The number of amides is 1. The molecule has 0 bridgehead atoms. The van der Waals surface area contributed by atoms with E-state index < -0.39 is 5.91 Å². The highest BCUT2D eigenvalue weighted by Gasteiger charge is 2.07. The van der Waals surface area contributed by atoms with Crippen LogP contribution in [0.3, 0.4) is 0 Å². The number of hydrazine groups is 1. The number of rotatable bonds is 5. The molecule has 6 nitrogen and oxygen atoms in total. The number of nitrogens with one attached hydrogen (secondary N) is 2. The molecule has 1 amide bonds. The third-order valence-electron chi connectivity index (χ3n) is 2.55. The Morgan fingerprint density at radius 2 is 1.86 bits per heavy atom. The Bertz CT molecular complexity index is 674. The second-order valence-corrected chi connectivity index (χ2v) is 5.35. The maximum Gasteiger partial charge on any atom is 0.276 e. The molecule has 2 aromatic rings. The predicted molar refractivity (Wildman–Crippen MR) is 85.2 cm³/mol. The summed E-state index contributed by atoms with van der Waals surface area (Å²) in [7, 11) is 0. The minimum atomic E-state index is -0.404. The van der Waals surface area contributed by atoms with Gasteiger partial charge in [-0.05, 0) is 32.0 Å². The second kappa shape index (κ2) is 7.29. The number of benzene rings is 1. The van der Waals surface area contributed by atoms with Crippen LogP contribution in [0.2, 0.25) is 10.0 Å². The molecule has 0 saturated heterocycles. The number of hydrogen-bond donors (Lipinski definition) is 2. The van der Waals surface area contributed by atoms with Crippen molar-refractivity contribution in [2.24, 2.45) is 0 Å². The van der Waals surface area contributed by atoms with Gasteiger partial charge in [-0.25, -0.2) is 9.97 Å². The lowest BCUT2D eigenvalue weighted by Gasteiger charge is -2.10. The lowest BCUT2D eigenvalue weighted by molar-refractivity contribution is -0.122. The van der Waals surface area contributed by atoms with Gasteiger partial charge in [0, 0.05) is 22.5 Å². The SMILES string of the molecule is Cc1cc(C)nc(NNC(=O)COc2cc(Cl)ccc2Cl)n1. The molecule has 116 valence electrons. The van der Waals surface area contributed by atoms with E-state index in [0.717, 1.165) is 11.4 Å². The van der Waals surface area contributed by atoms with Crippen LogP contribution in [-0.2, 0) is 4.79 Å². The molecule has 0 unspecified atom stereocenters. The second-order valence-electron chi connectivity index (χ2n) is 4.51. The number of ether oxygens (including phenoxy) is 1. The van der Waals surface area contributed by atoms with E-state index in [2.05, 4.69) is 20.8 Å². The maximum absolute atomic E-state index is 11.7. The molecule has 1 aromatic carbocycles. The Morgan fingerprint density at radius 1 is 1.18 bits per heavy atom. The zero-order valence-electron chi connectivity index (χ0n) is 12.0. The molecule has 0 aliphatic rings. The van der Waals surface area contributed by atoms with Gasteiger partial charge in [0.05, 0.1) is 5.02 Å². The van der Waals surface area contributed by atoms with Crippen molar-refractivity contribution in [1.82, 2.24) is 15.4 Å². The van der Waals surface area contributed by atoms with E-state index in [1.807, 2.05) is 19.9 Å². The summed E-state index contributed by atoms with van der Waals surface area (Å²) in [6, 6.07) is 6.60. The van der Waals surface area contributed by atoms with Gasteiger partial charge in [-0.1, -0.05) is 23.2 Å². The van der Waals surface area contributed by atoms with Gasteiger partial charge in [-0.15, -0.1) is 0 Å². The fourth-order valence-corrected chi connectivity index (χ4v) is 2.01. The van der Waals surface area contributed by atoms with E-state index in [9.17, 15) is 4.79 Å². The average molecular weight is 341 g/mol. The van der Waals surface area contributed by atoms with Crippen molar-refractivity contribution in [3.05, 3.63) is 45.7 Å².